The molecule has 0 N–H and O–H groups in total. The Kier molecular flexibility index (Phi) is 40.2. The third kappa shape index (κ3) is 74.4. The summed E-state index contributed by atoms with van der Waals surface area (Å²) in [6, 6.07) is 0. The van der Waals surface area contributed by atoms with Crippen LogP contribution in [0.25, 0.3) is 0 Å². The van der Waals surface area contributed by atoms with Gasteiger partial charge in [-0.25, -0.2) is 30.7 Å². The van der Waals surface area contributed by atoms with Gasteiger partial charge in [-0.1, -0.05) is 130 Å². The van der Waals surface area contributed by atoms with Crippen LogP contribution in [0.2, 0.25) is 0 Å². The van der Waals surface area contributed by atoms with E-state index in [-0.39, 0.29) is 31.1 Å². The second kappa shape index (κ2) is 31.5. The van der Waals surface area contributed by atoms with Gasteiger partial charge in [-0.05, 0) is 56.8 Å². The maximum absolute atomic E-state index is 12.3. The van der Waals surface area contributed by atoms with Gasteiger partial charge in [-0.15, -0.1) is 0 Å². The summed E-state index contributed by atoms with van der Waals surface area (Å²) in [6.07, 6.45) is 5.38. The van der Waals surface area contributed by atoms with Crippen molar-refractivity contribution in [3.05, 3.63) is 0 Å². The zero-order valence-electron chi connectivity index (χ0n) is 31.8. The topological polar surface area (TPSA) is 0 Å². The molecule has 0 nitrogen and oxygen atoms in total. The Bertz CT molecular complexity index is 507. The van der Waals surface area contributed by atoms with Crippen molar-refractivity contribution >= 4 is 0 Å². The highest BCUT2D eigenvalue weighted by Gasteiger charge is 2.30. The predicted molar refractivity (Wildman–Crippen MR) is 180 cm³/mol. The van der Waals surface area contributed by atoms with E-state index in [1.165, 1.54) is 46.5 Å². The van der Waals surface area contributed by atoms with Crippen molar-refractivity contribution in [1.82, 2.24) is 0 Å². The normalized spacial score (nSPS) is 12.3. The SMILES string of the molecule is CC(C)C(C)F.CC(C)CC(C)(F)F.CC(C)CCC(C)(F)F.CCC(C)C.CCC(F)(F)C(C)C.CCCCC(C)C. The van der Waals surface area contributed by atoms with E-state index in [0.29, 0.717) is 12.3 Å². The first-order valence-corrected chi connectivity index (χ1v) is 16.8. The first-order valence-electron chi connectivity index (χ1n) is 16.8. The molecular formula is C36H77F7. The van der Waals surface area contributed by atoms with Crippen molar-refractivity contribution in [3.63, 3.8) is 0 Å². The minimum Gasteiger partial charge on any atom is -0.248 e. The van der Waals surface area contributed by atoms with Gasteiger partial charge in [-0.3, -0.25) is 0 Å². The number of rotatable bonds is 12. The van der Waals surface area contributed by atoms with Crippen LogP contribution in [-0.4, -0.2) is 23.9 Å². The van der Waals surface area contributed by atoms with Crippen LogP contribution < -0.4 is 0 Å². The standard InChI is InChI=1S/C7H14F2.C7H16.2C6H12F2.C5H11F.C5H12/c1-6(2)4-5-7(3,8)9;1-4-5-6-7(2)3;1-5(2)4-6(3,7)8;1-4-6(7,8)5(2)3;1-4(2)5(3)6;1-4-5(2)3/h6H,4-5H2,1-3H3;7H,4-6H2,1-3H3;2*5H,4H2,1-3H3;4-5H,1-3H3;5H,4H2,1-3H3. The van der Waals surface area contributed by atoms with Gasteiger partial charge in [0.15, 0.2) is 0 Å². The Labute approximate surface area is 266 Å². The number of halogens is 7. The van der Waals surface area contributed by atoms with Crippen molar-refractivity contribution in [2.24, 2.45) is 35.5 Å². The van der Waals surface area contributed by atoms with Crippen molar-refractivity contribution in [2.45, 2.75) is 200 Å². The molecule has 0 aliphatic rings. The monoisotopic (exact) mass is 643 g/mol. The molecule has 1 unspecified atom stereocenters. The summed E-state index contributed by atoms with van der Waals surface area (Å²) in [5.41, 5.74) is 0. The van der Waals surface area contributed by atoms with E-state index in [2.05, 4.69) is 41.5 Å². The second-order valence-electron chi connectivity index (χ2n) is 14.2. The van der Waals surface area contributed by atoms with Gasteiger partial charge in [0.25, 0.3) is 0 Å². The van der Waals surface area contributed by atoms with E-state index < -0.39 is 29.9 Å². The van der Waals surface area contributed by atoms with Crippen LogP contribution in [0.4, 0.5) is 30.7 Å². The summed E-state index contributed by atoms with van der Waals surface area (Å²) in [4.78, 5) is 0. The predicted octanol–water partition coefficient (Wildman–Crippen LogP) is 15.3. The van der Waals surface area contributed by atoms with Gasteiger partial charge in [0.2, 0.25) is 17.8 Å². The van der Waals surface area contributed by atoms with E-state index >= 15 is 0 Å². The molecule has 0 aromatic rings. The second-order valence-corrected chi connectivity index (χ2v) is 14.2. The zero-order valence-corrected chi connectivity index (χ0v) is 31.8. The molecule has 0 aromatic carbocycles. The Hall–Kier alpha value is -0.490. The molecule has 0 aliphatic carbocycles. The Balaban J connectivity index is -0.0000000964. The summed E-state index contributed by atoms with van der Waals surface area (Å²) in [6.45, 7) is 32.7. The lowest BCUT2D eigenvalue weighted by atomic mass is 10.0. The molecule has 1 atom stereocenters. The number of hydrogen-bond donors (Lipinski definition) is 0. The average Bonchev–Trinajstić information content (AvgIpc) is 2.81. The van der Waals surface area contributed by atoms with Gasteiger partial charge in [-0.2, -0.15) is 0 Å². The molecule has 0 saturated carbocycles. The van der Waals surface area contributed by atoms with E-state index in [9.17, 15) is 30.7 Å². The number of hydrogen-bond acceptors (Lipinski definition) is 0. The van der Waals surface area contributed by atoms with Gasteiger partial charge >= 0.3 is 0 Å². The summed E-state index contributed by atoms with van der Waals surface area (Å²) in [5.74, 6) is -5.48. The van der Waals surface area contributed by atoms with Crippen molar-refractivity contribution in [3.8, 4) is 0 Å². The molecule has 0 saturated heterocycles. The van der Waals surface area contributed by atoms with Crippen molar-refractivity contribution in [1.29, 1.82) is 0 Å². The molecule has 0 bridgehead atoms. The minimum absolute atomic E-state index is 0.00694. The lowest BCUT2D eigenvalue weighted by Crippen LogP contribution is -2.21. The van der Waals surface area contributed by atoms with Gasteiger partial charge in [0.05, 0.1) is 6.17 Å². The van der Waals surface area contributed by atoms with Crippen LogP contribution in [0.1, 0.15) is 176 Å². The first kappa shape index (κ1) is 55.0. The fourth-order valence-corrected chi connectivity index (χ4v) is 2.28. The maximum atomic E-state index is 12.3. The average molecular weight is 643 g/mol. The van der Waals surface area contributed by atoms with Crippen LogP contribution in [0.15, 0.2) is 0 Å². The third-order valence-electron chi connectivity index (χ3n) is 6.11. The number of alkyl halides is 7. The molecule has 0 amide bonds. The van der Waals surface area contributed by atoms with E-state index in [1.54, 1.807) is 20.8 Å². The molecule has 0 rings (SSSR count). The molecule has 7 heteroatoms. The fourth-order valence-electron chi connectivity index (χ4n) is 2.28. The zero-order chi connectivity index (χ0) is 36.2. The van der Waals surface area contributed by atoms with E-state index in [1.807, 2.05) is 27.7 Å². The van der Waals surface area contributed by atoms with Gasteiger partial charge in [0.1, 0.15) is 0 Å². The quantitative estimate of drug-likeness (QED) is 0.186. The maximum Gasteiger partial charge on any atom is 0.250 e. The summed E-state index contributed by atoms with van der Waals surface area (Å²) >= 11 is 0. The van der Waals surface area contributed by atoms with E-state index in [0.717, 1.165) is 25.7 Å². The van der Waals surface area contributed by atoms with E-state index in [4.69, 9.17) is 0 Å². The first-order chi connectivity index (χ1) is 19.0. The Morgan fingerprint density at radius 1 is 0.535 bits per heavy atom. The molecule has 43 heavy (non-hydrogen) atoms. The largest absolute Gasteiger partial charge is 0.250 e. The van der Waals surface area contributed by atoms with Crippen LogP contribution in [0.5, 0.6) is 0 Å². The fraction of sp³-hybridized carbons (Fsp3) is 1.00. The molecule has 0 fully saturated rings. The Morgan fingerprint density at radius 2 is 0.884 bits per heavy atom. The number of unbranched alkanes of at least 4 members (excludes halogenated alkanes) is 1. The van der Waals surface area contributed by atoms with Crippen LogP contribution >= 0.6 is 0 Å². The highest BCUT2D eigenvalue weighted by atomic mass is 19.3. The molecule has 270 valence electrons. The summed E-state index contributed by atoms with van der Waals surface area (Å²) in [7, 11) is 0. The minimum atomic E-state index is -2.48. The van der Waals surface area contributed by atoms with Crippen molar-refractivity contribution in [2.75, 3.05) is 0 Å². The van der Waals surface area contributed by atoms with Crippen molar-refractivity contribution < 1.29 is 30.7 Å². The lowest BCUT2D eigenvalue weighted by molar-refractivity contribution is -0.0478. The third-order valence-corrected chi connectivity index (χ3v) is 6.11. The molecule has 0 spiro atoms. The van der Waals surface area contributed by atoms with Gasteiger partial charge in [0, 0.05) is 25.2 Å². The van der Waals surface area contributed by atoms with Crippen LogP contribution in [0, 0.1) is 35.5 Å². The van der Waals surface area contributed by atoms with Crippen LogP contribution in [-0.2, 0) is 0 Å². The highest BCUT2D eigenvalue weighted by Crippen LogP contribution is 2.26. The summed E-state index contributed by atoms with van der Waals surface area (Å²) in [5, 5.41) is 0. The molecular weight excluding hydrogens is 565 g/mol. The highest BCUT2D eigenvalue weighted by molar-refractivity contribution is 4.66. The smallest absolute Gasteiger partial charge is 0.248 e. The van der Waals surface area contributed by atoms with Crippen LogP contribution in [0.3, 0.4) is 0 Å². The van der Waals surface area contributed by atoms with Gasteiger partial charge < -0.3 is 0 Å². The lowest BCUT2D eigenvalue weighted by Gasteiger charge is -2.17. The molecule has 0 radical (unpaired) electrons. The molecule has 0 aromatic heterocycles. The Morgan fingerprint density at radius 3 is 0.930 bits per heavy atom. The summed E-state index contributed by atoms with van der Waals surface area (Å²) < 4.78 is 84.5. The molecule has 0 aliphatic heterocycles. The molecule has 0 heterocycles.